The van der Waals surface area contributed by atoms with Crippen molar-refractivity contribution in [3.63, 3.8) is 0 Å². The number of carbonyl (C=O) groups is 1. The number of sulfone groups is 1. The molecule has 2 aromatic carbocycles. The van der Waals surface area contributed by atoms with E-state index in [9.17, 15) is 17.6 Å². The Morgan fingerprint density at radius 1 is 1.21 bits per heavy atom. The molecule has 0 unspecified atom stereocenters. The van der Waals surface area contributed by atoms with Gasteiger partial charge < -0.3 is 9.64 Å². The van der Waals surface area contributed by atoms with E-state index in [0.29, 0.717) is 10.8 Å². The first-order chi connectivity index (χ1) is 13.8. The molecule has 10 heteroatoms. The Morgan fingerprint density at radius 2 is 1.93 bits per heavy atom. The molecule has 2 heterocycles. The fourth-order valence-corrected chi connectivity index (χ4v) is 7.36. The molecule has 152 valence electrons. The fraction of sp³-hybridized carbons (Fsp3) is 0.263. The fourth-order valence-electron chi connectivity index (χ4n) is 3.31. The van der Waals surface area contributed by atoms with Gasteiger partial charge in [0.1, 0.15) is 11.6 Å². The van der Waals surface area contributed by atoms with Crippen LogP contribution in [0.15, 0.2) is 53.5 Å². The number of rotatable bonds is 4. The van der Waals surface area contributed by atoms with Crippen molar-refractivity contribution in [3.05, 3.63) is 59.4 Å². The molecule has 4 rings (SSSR count). The standard InChI is InChI=1S/C19H16ClFN2O4S2/c20-12-5-7-13(8-6-12)27-9-18(24)22-19-23(15-4-2-1-3-14(15)21)16-10-29(25,26)11-17(16)28-19/h1-8,16-17H,9-11H2/t16-,17+/m0/s1. The highest BCUT2D eigenvalue weighted by Crippen LogP contribution is 2.41. The van der Waals surface area contributed by atoms with Gasteiger partial charge in [0.15, 0.2) is 21.6 Å². The van der Waals surface area contributed by atoms with Crippen molar-refractivity contribution in [2.45, 2.75) is 11.3 Å². The van der Waals surface area contributed by atoms with Gasteiger partial charge in [0, 0.05) is 10.3 Å². The number of para-hydroxylation sites is 1. The molecule has 2 atom stereocenters. The van der Waals surface area contributed by atoms with E-state index in [4.69, 9.17) is 16.3 Å². The average molecular weight is 455 g/mol. The van der Waals surface area contributed by atoms with Crippen LogP contribution < -0.4 is 9.64 Å². The van der Waals surface area contributed by atoms with Crippen molar-refractivity contribution >= 4 is 50.0 Å². The van der Waals surface area contributed by atoms with Crippen molar-refractivity contribution in [3.8, 4) is 5.75 Å². The van der Waals surface area contributed by atoms with Gasteiger partial charge in [-0.3, -0.25) is 4.79 Å². The van der Waals surface area contributed by atoms with Gasteiger partial charge in [0.25, 0.3) is 5.91 Å². The Balaban J connectivity index is 1.57. The monoisotopic (exact) mass is 454 g/mol. The Labute approximate surface area is 176 Å². The average Bonchev–Trinajstić information content (AvgIpc) is 3.13. The minimum absolute atomic E-state index is 0.0260. The largest absolute Gasteiger partial charge is 0.484 e. The first-order valence-electron chi connectivity index (χ1n) is 8.73. The highest BCUT2D eigenvalue weighted by atomic mass is 35.5. The molecule has 2 aliphatic rings. The van der Waals surface area contributed by atoms with Crippen LogP contribution in [-0.4, -0.2) is 48.9 Å². The normalized spacial score (nSPS) is 23.9. The third-order valence-electron chi connectivity index (χ3n) is 4.57. The summed E-state index contributed by atoms with van der Waals surface area (Å²) < 4.78 is 43.9. The van der Waals surface area contributed by atoms with Crippen molar-refractivity contribution in [2.75, 3.05) is 23.0 Å². The van der Waals surface area contributed by atoms with E-state index in [1.165, 1.54) is 22.7 Å². The van der Waals surface area contributed by atoms with E-state index >= 15 is 0 Å². The molecular formula is C19H16ClFN2O4S2. The number of ether oxygens (including phenoxy) is 1. The zero-order valence-electron chi connectivity index (χ0n) is 15.0. The molecule has 2 saturated heterocycles. The van der Waals surface area contributed by atoms with Crippen molar-refractivity contribution in [1.29, 1.82) is 0 Å². The second-order valence-electron chi connectivity index (χ2n) is 6.65. The van der Waals surface area contributed by atoms with Gasteiger partial charge in [-0.1, -0.05) is 35.5 Å². The molecule has 0 aliphatic carbocycles. The SMILES string of the molecule is O=C(COc1ccc(Cl)cc1)N=C1S[C@@H]2CS(=O)(=O)C[C@@H]2N1c1ccccc1F. The molecule has 0 N–H and O–H groups in total. The molecule has 6 nitrogen and oxygen atoms in total. The van der Waals surface area contributed by atoms with Gasteiger partial charge >= 0.3 is 0 Å². The van der Waals surface area contributed by atoms with Crippen LogP contribution in [0.3, 0.4) is 0 Å². The van der Waals surface area contributed by atoms with E-state index in [2.05, 4.69) is 4.99 Å². The summed E-state index contributed by atoms with van der Waals surface area (Å²) in [4.78, 5) is 18.0. The van der Waals surface area contributed by atoms with Crippen LogP contribution in [0, 0.1) is 5.82 Å². The van der Waals surface area contributed by atoms with Gasteiger partial charge in [-0.05, 0) is 36.4 Å². The summed E-state index contributed by atoms with van der Waals surface area (Å²) >= 11 is 7.00. The summed E-state index contributed by atoms with van der Waals surface area (Å²) in [5, 5.41) is 0.529. The Kier molecular flexibility index (Phi) is 5.54. The van der Waals surface area contributed by atoms with E-state index < -0.39 is 27.6 Å². The lowest BCUT2D eigenvalue weighted by molar-refractivity contribution is -0.119. The Hall–Kier alpha value is -2.10. The number of benzene rings is 2. The molecule has 2 aliphatic heterocycles. The number of halogens is 2. The number of carbonyl (C=O) groups excluding carboxylic acids is 1. The first kappa shape index (κ1) is 20.2. The number of hydrogen-bond donors (Lipinski definition) is 0. The molecule has 0 aromatic heterocycles. The number of fused-ring (bicyclic) bond motifs is 1. The lowest BCUT2D eigenvalue weighted by Crippen LogP contribution is -2.38. The van der Waals surface area contributed by atoms with Crippen LogP contribution >= 0.6 is 23.4 Å². The van der Waals surface area contributed by atoms with Crippen LogP contribution in [0.5, 0.6) is 5.75 Å². The second-order valence-corrected chi connectivity index (χ2v) is 10.4. The number of hydrogen-bond acceptors (Lipinski definition) is 5. The van der Waals surface area contributed by atoms with Gasteiger partial charge in [-0.25, -0.2) is 12.8 Å². The molecule has 0 saturated carbocycles. The number of thioether (sulfide) groups is 1. The second kappa shape index (κ2) is 7.97. The van der Waals surface area contributed by atoms with Gasteiger partial charge in [0.05, 0.1) is 23.2 Å². The molecule has 1 amide bonds. The quantitative estimate of drug-likeness (QED) is 0.706. The molecule has 29 heavy (non-hydrogen) atoms. The maximum absolute atomic E-state index is 14.4. The minimum Gasteiger partial charge on any atom is -0.484 e. The summed E-state index contributed by atoms with van der Waals surface area (Å²) in [5.74, 6) is -0.715. The molecule has 0 radical (unpaired) electrons. The van der Waals surface area contributed by atoms with Gasteiger partial charge in [-0.15, -0.1) is 0 Å². The molecular weight excluding hydrogens is 439 g/mol. The summed E-state index contributed by atoms with van der Waals surface area (Å²) in [6.07, 6.45) is 0. The van der Waals surface area contributed by atoms with Crippen molar-refractivity contribution < 1.29 is 22.3 Å². The number of aliphatic imine (C=N–C) groups is 1. The summed E-state index contributed by atoms with van der Waals surface area (Å²) in [5.41, 5.74) is 0.203. The lowest BCUT2D eigenvalue weighted by atomic mass is 10.2. The minimum atomic E-state index is -3.22. The predicted octanol–water partition coefficient (Wildman–Crippen LogP) is 3.16. The zero-order chi connectivity index (χ0) is 20.6. The van der Waals surface area contributed by atoms with Gasteiger partial charge in [-0.2, -0.15) is 4.99 Å². The van der Waals surface area contributed by atoms with Crippen LogP contribution in [0.4, 0.5) is 10.1 Å². The maximum Gasteiger partial charge on any atom is 0.285 e. The van der Waals surface area contributed by atoms with Crippen molar-refractivity contribution in [1.82, 2.24) is 0 Å². The van der Waals surface area contributed by atoms with Crippen LogP contribution in [0.1, 0.15) is 0 Å². The zero-order valence-corrected chi connectivity index (χ0v) is 17.4. The van der Waals surface area contributed by atoms with E-state index in [1.807, 2.05) is 0 Å². The summed E-state index contributed by atoms with van der Waals surface area (Å²) in [6.45, 7) is -0.301. The lowest BCUT2D eigenvalue weighted by Gasteiger charge is -2.24. The number of amidine groups is 1. The van der Waals surface area contributed by atoms with Crippen LogP contribution in [0.25, 0.3) is 0 Å². The third kappa shape index (κ3) is 4.41. The number of anilines is 1. The van der Waals surface area contributed by atoms with Crippen molar-refractivity contribution in [2.24, 2.45) is 4.99 Å². The summed E-state index contributed by atoms with van der Waals surface area (Å²) in [6, 6.07) is 12.1. The third-order valence-corrected chi connectivity index (χ3v) is 8.04. The highest BCUT2D eigenvalue weighted by molar-refractivity contribution is 8.16. The number of amides is 1. The summed E-state index contributed by atoms with van der Waals surface area (Å²) in [7, 11) is -3.22. The van der Waals surface area contributed by atoms with Crippen LogP contribution in [-0.2, 0) is 14.6 Å². The topological polar surface area (TPSA) is 76.0 Å². The maximum atomic E-state index is 14.4. The van der Waals surface area contributed by atoms with Gasteiger partial charge in [0.2, 0.25) is 0 Å². The first-order valence-corrected chi connectivity index (χ1v) is 11.8. The Bertz CT molecular complexity index is 1080. The molecule has 0 bridgehead atoms. The van der Waals surface area contributed by atoms with Crippen LogP contribution in [0.2, 0.25) is 5.02 Å². The smallest absolute Gasteiger partial charge is 0.285 e. The molecule has 2 fully saturated rings. The Morgan fingerprint density at radius 3 is 2.66 bits per heavy atom. The van der Waals surface area contributed by atoms with E-state index in [-0.39, 0.29) is 34.2 Å². The molecule has 0 spiro atoms. The highest BCUT2D eigenvalue weighted by Gasteiger charge is 2.49. The van der Waals surface area contributed by atoms with E-state index in [1.54, 1.807) is 42.5 Å². The van der Waals surface area contributed by atoms with E-state index in [0.717, 1.165) is 0 Å². The predicted molar refractivity (Wildman–Crippen MR) is 112 cm³/mol. The number of nitrogens with zero attached hydrogens (tertiary/aromatic N) is 2. The molecule has 2 aromatic rings.